The van der Waals surface area contributed by atoms with E-state index in [2.05, 4.69) is 0 Å². The van der Waals surface area contributed by atoms with E-state index in [4.69, 9.17) is 14.9 Å². The van der Waals surface area contributed by atoms with Crippen molar-refractivity contribution in [2.24, 2.45) is 0 Å². The molecule has 0 unspecified atom stereocenters. The molecule has 0 radical (unpaired) electrons. The zero-order chi connectivity index (χ0) is 18.6. The molecular formula is C20H38O5. The minimum atomic E-state index is -0.708. The van der Waals surface area contributed by atoms with Gasteiger partial charge in [-0.3, -0.25) is 9.59 Å². The summed E-state index contributed by atoms with van der Waals surface area (Å²) in [5.41, 5.74) is 0. The summed E-state index contributed by atoms with van der Waals surface area (Å²) in [7, 11) is 0. The van der Waals surface area contributed by atoms with Crippen LogP contribution < -0.4 is 0 Å². The first-order valence-corrected chi connectivity index (χ1v) is 10.1. The van der Waals surface area contributed by atoms with Crippen molar-refractivity contribution in [3.8, 4) is 0 Å². The van der Waals surface area contributed by atoms with Crippen LogP contribution in [0.5, 0.6) is 0 Å². The Morgan fingerprint density at radius 2 is 1.04 bits per heavy atom. The fraction of sp³-hybridized carbons (Fsp3) is 0.900. The van der Waals surface area contributed by atoms with Crippen LogP contribution in [-0.4, -0.2) is 35.4 Å². The van der Waals surface area contributed by atoms with E-state index in [-0.39, 0.29) is 12.4 Å². The number of aliphatic hydroxyl groups excluding tert-OH is 1. The maximum Gasteiger partial charge on any atom is 0.305 e. The van der Waals surface area contributed by atoms with E-state index in [1.54, 1.807) is 0 Å². The van der Waals surface area contributed by atoms with E-state index in [0.717, 1.165) is 77.0 Å². The Morgan fingerprint density at radius 3 is 1.56 bits per heavy atom. The summed E-state index contributed by atoms with van der Waals surface area (Å²) in [6, 6.07) is 0. The number of hydrogen-bond donors (Lipinski definition) is 2. The SMILES string of the molecule is O=C(O)CCCCCCCCCOC(=O)CCCCCCCCCO. The first kappa shape index (κ1) is 23.9. The molecule has 0 heterocycles. The van der Waals surface area contributed by atoms with Crippen molar-refractivity contribution in [2.75, 3.05) is 13.2 Å². The number of carbonyl (C=O) groups excluding carboxylic acids is 1. The van der Waals surface area contributed by atoms with Gasteiger partial charge >= 0.3 is 11.9 Å². The van der Waals surface area contributed by atoms with Crippen LogP contribution in [0.25, 0.3) is 0 Å². The summed E-state index contributed by atoms with van der Waals surface area (Å²) in [5, 5.41) is 17.2. The number of hydrogen-bond acceptors (Lipinski definition) is 4. The van der Waals surface area contributed by atoms with Crippen LogP contribution in [0.4, 0.5) is 0 Å². The molecule has 0 aliphatic heterocycles. The van der Waals surface area contributed by atoms with Crippen molar-refractivity contribution in [1.29, 1.82) is 0 Å². The third-order valence-electron chi connectivity index (χ3n) is 4.34. The second-order valence-corrected chi connectivity index (χ2v) is 6.79. The van der Waals surface area contributed by atoms with Gasteiger partial charge in [-0.25, -0.2) is 0 Å². The molecule has 0 saturated heterocycles. The van der Waals surface area contributed by atoms with Crippen LogP contribution in [-0.2, 0) is 14.3 Å². The van der Waals surface area contributed by atoms with E-state index < -0.39 is 5.97 Å². The van der Waals surface area contributed by atoms with Crippen LogP contribution in [0.2, 0.25) is 0 Å². The van der Waals surface area contributed by atoms with Gasteiger partial charge in [-0.2, -0.15) is 0 Å². The molecule has 0 aliphatic rings. The highest BCUT2D eigenvalue weighted by Crippen LogP contribution is 2.10. The fourth-order valence-corrected chi connectivity index (χ4v) is 2.79. The molecule has 0 aromatic heterocycles. The van der Waals surface area contributed by atoms with Crippen molar-refractivity contribution in [3.63, 3.8) is 0 Å². The first-order chi connectivity index (χ1) is 12.2. The molecule has 0 rings (SSSR count). The van der Waals surface area contributed by atoms with Crippen LogP contribution in [0.1, 0.15) is 103 Å². The summed E-state index contributed by atoms with van der Waals surface area (Å²) in [5.74, 6) is -0.784. The van der Waals surface area contributed by atoms with Crippen molar-refractivity contribution < 1.29 is 24.5 Å². The van der Waals surface area contributed by atoms with Gasteiger partial charge in [0, 0.05) is 19.4 Å². The minimum absolute atomic E-state index is 0.0750. The molecule has 25 heavy (non-hydrogen) atoms. The molecule has 5 heteroatoms. The lowest BCUT2D eigenvalue weighted by atomic mass is 10.1. The zero-order valence-corrected chi connectivity index (χ0v) is 15.8. The number of esters is 1. The largest absolute Gasteiger partial charge is 0.481 e. The van der Waals surface area contributed by atoms with E-state index in [0.29, 0.717) is 19.6 Å². The molecule has 0 spiro atoms. The van der Waals surface area contributed by atoms with Crippen LogP contribution in [0, 0.1) is 0 Å². The third kappa shape index (κ3) is 20.9. The van der Waals surface area contributed by atoms with E-state index in [1.165, 1.54) is 12.8 Å². The molecule has 0 bridgehead atoms. The number of unbranched alkanes of at least 4 members (excludes halogenated alkanes) is 12. The highest BCUT2D eigenvalue weighted by molar-refractivity contribution is 5.69. The molecule has 5 nitrogen and oxygen atoms in total. The number of aliphatic carboxylic acids is 1. The molecule has 0 aliphatic carbocycles. The van der Waals surface area contributed by atoms with Gasteiger partial charge in [0.15, 0.2) is 0 Å². The van der Waals surface area contributed by atoms with Gasteiger partial charge in [-0.05, 0) is 25.7 Å². The summed E-state index contributed by atoms with van der Waals surface area (Å²) >= 11 is 0. The number of ether oxygens (including phenoxy) is 1. The highest BCUT2D eigenvalue weighted by atomic mass is 16.5. The van der Waals surface area contributed by atoms with Gasteiger partial charge in [0.2, 0.25) is 0 Å². The second-order valence-electron chi connectivity index (χ2n) is 6.79. The van der Waals surface area contributed by atoms with Crippen LogP contribution >= 0.6 is 0 Å². The third-order valence-corrected chi connectivity index (χ3v) is 4.34. The molecular weight excluding hydrogens is 320 g/mol. The monoisotopic (exact) mass is 358 g/mol. The second kappa shape index (κ2) is 19.2. The molecule has 0 aromatic rings. The highest BCUT2D eigenvalue weighted by Gasteiger charge is 2.02. The first-order valence-electron chi connectivity index (χ1n) is 10.1. The van der Waals surface area contributed by atoms with Gasteiger partial charge in [0.05, 0.1) is 6.61 Å². The average Bonchev–Trinajstić information content (AvgIpc) is 2.58. The lowest BCUT2D eigenvalue weighted by Crippen LogP contribution is -2.05. The average molecular weight is 359 g/mol. The smallest absolute Gasteiger partial charge is 0.305 e. The summed E-state index contributed by atoms with van der Waals surface area (Å²) in [6.45, 7) is 0.817. The molecule has 0 saturated carbocycles. The van der Waals surface area contributed by atoms with Gasteiger partial charge in [-0.15, -0.1) is 0 Å². The quantitative estimate of drug-likeness (QED) is 0.255. The van der Waals surface area contributed by atoms with E-state index in [9.17, 15) is 9.59 Å². The predicted molar refractivity (Wildman–Crippen MR) is 99.6 cm³/mol. The van der Waals surface area contributed by atoms with Crippen LogP contribution in [0.3, 0.4) is 0 Å². The summed E-state index contributed by atoms with van der Waals surface area (Å²) in [4.78, 5) is 21.9. The topological polar surface area (TPSA) is 83.8 Å². The number of carboxylic acid groups (broad SMARTS) is 1. The summed E-state index contributed by atoms with van der Waals surface area (Å²) < 4.78 is 5.24. The van der Waals surface area contributed by atoms with Gasteiger partial charge in [0.25, 0.3) is 0 Å². The van der Waals surface area contributed by atoms with Crippen LogP contribution in [0.15, 0.2) is 0 Å². The molecule has 0 amide bonds. The normalized spacial score (nSPS) is 10.8. The minimum Gasteiger partial charge on any atom is -0.481 e. The predicted octanol–water partition coefficient (Wildman–Crippen LogP) is 4.85. The number of aliphatic hydroxyl groups is 1. The number of rotatable bonds is 19. The Hall–Kier alpha value is -1.10. The Bertz CT molecular complexity index is 317. The van der Waals surface area contributed by atoms with E-state index in [1.807, 2.05) is 0 Å². The Morgan fingerprint density at radius 1 is 0.600 bits per heavy atom. The molecule has 0 aromatic carbocycles. The van der Waals surface area contributed by atoms with Crippen molar-refractivity contribution in [1.82, 2.24) is 0 Å². The maximum atomic E-state index is 11.6. The van der Waals surface area contributed by atoms with Crippen molar-refractivity contribution in [2.45, 2.75) is 103 Å². The molecule has 148 valence electrons. The maximum absolute atomic E-state index is 11.6. The van der Waals surface area contributed by atoms with E-state index >= 15 is 0 Å². The van der Waals surface area contributed by atoms with Crippen molar-refractivity contribution in [3.05, 3.63) is 0 Å². The molecule has 0 atom stereocenters. The van der Waals surface area contributed by atoms with Gasteiger partial charge in [-0.1, -0.05) is 64.2 Å². The van der Waals surface area contributed by atoms with Crippen molar-refractivity contribution >= 4 is 11.9 Å². The van der Waals surface area contributed by atoms with Gasteiger partial charge < -0.3 is 14.9 Å². The lowest BCUT2D eigenvalue weighted by molar-refractivity contribution is -0.144. The summed E-state index contributed by atoms with van der Waals surface area (Å²) in [6.07, 6.45) is 15.4. The Labute approximate surface area is 153 Å². The fourth-order valence-electron chi connectivity index (χ4n) is 2.79. The lowest BCUT2D eigenvalue weighted by Gasteiger charge is -2.05. The number of carboxylic acids is 1. The Kier molecular flexibility index (Phi) is 18.4. The Balaban J connectivity index is 3.16. The van der Waals surface area contributed by atoms with Gasteiger partial charge in [0.1, 0.15) is 0 Å². The standard InChI is InChI=1S/C20H38O5/c21-17-13-9-5-1-4-8-12-16-20(24)25-18-14-10-6-2-3-7-11-15-19(22)23/h21H,1-18H2,(H,22,23). The number of carbonyl (C=O) groups is 2. The molecule has 2 N–H and O–H groups in total. The zero-order valence-electron chi connectivity index (χ0n) is 15.8. The molecule has 0 fully saturated rings.